The summed E-state index contributed by atoms with van der Waals surface area (Å²) in [6, 6.07) is 0. The summed E-state index contributed by atoms with van der Waals surface area (Å²) >= 11 is 0. The van der Waals surface area contributed by atoms with Crippen LogP contribution in [0.4, 0.5) is 0 Å². The van der Waals surface area contributed by atoms with E-state index < -0.39 is 5.97 Å². The van der Waals surface area contributed by atoms with Crippen molar-refractivity contribution in [2.75, 3.05) is 6.54 Å². The third-order valence-corrected chi connectivity index (χ3v) is 5.80. The van der Waals surface area contributed by atoms with E-state index in [0.29, 0.717) is 11.8 Å². The van der Waals surface area contributed by atoms with E-state index in [2.05, 4.69) is 12.2 Å². The normalized spacial score (nSPS) is 23.1. The molecule has 0 heterocycles. The lowest BCUT2D eigenvalue weighted by molar-refractivity contribution is -0.141. The molecule has 2 aliphatic rings. The Hall–Kier alpha value is -1.06. The Kier molecular flexibility index (Phi) is 5.28. The van der Waals surface area contributed by atoms with Crippen molar-refractivity contribution in [3.8, 4) is 0 Å². The Morgan fingerprint density at radius 3 is 2.05 bits per heavy atom. The minimum absolute atomic E-state index is 0.0536. The van der Waals surface area contributed by atoms with Crippen molar-refractivity contribution in [1.29, 1.82) is 0 Å². The molecule has 0 aliphatic heterocycles. The molecule has 0 spiro atoms. The maximum atomic E-state index is 12.3. The lowest BCUT2D eigenvalue weighted by atomic mass is 9.66. The summed E-state index contributed by atoms with van der Waals surface area (Å²) in [5, 5.41) is 12.2. The van der Waals surface area contributed by atoms with Crippen molar-refractivity contribution < 1.29 is 14.7 Å². The molecule has 0 aromatic heterocycles. The van der Waals surface area contributed by atoms with E-state index in [1.54, 1.807) is 0 Å². The molecule has 0 saturated heterocycles. The van der Waals surface area contributed by atoms with Crippen molar-refractivity contribution in [1.82, 2.24) is 5.32 Å². The molecule has 0 aromatic rings. The number of carboxylic acids is 1. The van der Waals surface area contributed by atoms with E-state index in [-0.39, 0.29) is 17.7 Å². The van der Waals surface area contributed by atoms with Gasteiger partial charge in [-0.25, -0.2) is 0 Å². The zero-order valence-electron chi connectivity index (χ0n) is 13.2. The van der Waals surface area contributed by atoms with Crippen LogP contribution in [0, 0.1) is 10.8 Å². The summed E-state index contributed by atoms with van der Waals surface area (Å²) < 4.78 is 0. The number of hydrogen-bond donors (Lipinski definition) is 2. The molecule has 4 nitrogen and oxygen atoms in total. The summed E-state index contributed by atoms with van der Waals surface area (Å²) in [5.74, 6) is -0.716. The van der Waals surface area contributed by atoms with Crippen molar-refractivity contribution >= 4 is 11.9 Å². The van der Waals surface area contributed by atoms with Crippen LogP contribution < -0.4 is 5.32 Å². The minimum Gasteiger partial charge on any atom is -0.481 e. The Morgan fingerprint density at radius 1 is 0.952 bits per heavy atom. The molecular formula is C17H29NO3. The topological polar surface area (TPSA) is 66.4 Å². The van der Waals surface area contributed by atoms with Crippen molar-refractivity contribution in [3.05, 3.63) is 0 Å². The van der Waals surface area contributed by atoms with E-state index >= 15 is 0 Å². The van der Waals surface area contributed by atoms with E-state index in [0.717, 1.165) is 38.6 Å². The summed E-state index contributed by atoms with van der Waals surface area (Å²) in [4.78, 5) is 23.4. The van der Waals surface area contributed by atoms with Gasteiger partial charge in [0.15, 0.2) is 0 Å². The van der Waals surface area contributed by atoms with Gasteiger partial charge in [0.25, 0.3) is 0 Å². The quantitative estimate of drug-likeness (QED) is 0.755. The molecule has 1 amide bonds. The van der Waals surface area contributed by atoms with E-state index in [9.17, 15) is 9.59 Å². The average molecular weight is 295 g/mol. The number of amides is 1. The number of nitrogens with one attached hydrogen (secondary N) is 1. The van der Waals surface area contributed by atoms with Crippen molar-refractivity contribution in [2.24, 2.45) is 10.8 Å². The van der Waals surface area contributed by atoms with E-state index in [1.807, 2.05) is 0 Å². The van der Waals surface area contributed by atoms with Crippen LogP contribution >= 0.6 is 0 Å². The molecule has 21 heavy (non-hydrogen) atoms. The fourth-order valence-corrected chi connectivity index (χ4v) is 4.06. The van der Waals surface area contributed by atoms with Crippen LogP contribution in [0.2, 0.25) is 0 Å². The second-order valence-corrected chi connectivity index (χ2v) is 7.29. The fourth-order valence-electron chi connectivity index (χ4n) is 4.06. The van der Waals surface area contributed by atoms with Gasteiger partial charge in [0.1, 0.15) is 0 Å². The van der Waals surface area contributed by atoms with Gasteiger partial charge in [-0.15, -0.1) is 0 Å². The average Bonchev–Trinajstić information content (AvgIpc) is 2.37. The largest absolute Gasteiger partial charge is 0.481 e. The maximum Gasteiger partial charge on any atom is 0.303 e. The third kappa shape index (κ3) is 4.21. The molecule has 2 rings (SSSR count). The Labute approximate surface area is 127 Å². The molecule has 2 N–H and O–H groups in total. The predicted octanol–water partition coefficient (Wildman–Crippen LogP) is 3.50. The van der Waals surface area contributed by atoms with Gasteiger partial charge in [-0.2, -0.15) is 0 Å². The van der Waals surface area contributed by atoms with Gasteiger partial charge in [-0.3, -0.25) is 9.59 Å². The lowest BCUT2D eigenvalue weighted by Crippen LogP contribution is -2.43. The second kappa shape index (κ2) is 6.80. The highest BCUT2D eigenvalue weighted by atomic mass is 16.4. The predicted molar refractivity (Wildman–Crippen MR) is 82.0 cm³/mol. The molecule has 0 aromatic carbocycles. The molecule has 0 unspecified atom stereocenters. The second-order valence-electron chi connectivity index (χ2n) is 7.29. The first kappa shape index (κ1) is 16.3. The molecule has 0 bridgehead atoms. The van der Waals surface area contributed by atoms with Crippen molar-refractivity contribution in [2.45, 2.75) is 77.6 Å². The Bertz CT molecular complexity index is 376. The number of carboxylic acid groups (broad SMARTS) is 1. The standard InChI is InChI=1S/C17H29NO3/c1-2-16(9-6-10-16)13-18-14(19)11-17(12-15(20)21)7-4-3-5-8-17/h2-13H2,1H3,(H,18,19)(H,20,21). The monoisotopic (exact) mass is 295 g/mol. The van der Waals surface area contributed by atoms with Crippen LogP contribution in [0.25, 0.3) is 0 Å². The molecule has 2 saturated carbocycles. The van der Waals surface area contributed by atoms with Gasteiger partial charge in [0.05, 0.1) is 6.42 Å². The number of rotatable bonds is 7. The molecule has 0 radical (unpaired) electrons. The molecule has 2 fully saturated rings. The molecular weight excluding hydrogens is 266 g/mol. The molecule has 4 heteroatoms. The Morgan fingerprint density at radius 2 is 1.57 bits per heavy atom. The summed E-state index contributed by atoms with van der Waals surface area (Å²) in [6.07, 6.45) is 10.4. The van der Waals surface area contributed by atoms with Gasteiger partial charge < -0.3 is 10.4 Å². The summed E-state index contributed by atoms with van der Waals surface area (Å²) in [5.41, 5.74) is 0.0232. The molecule has 2 aliphatic carbocycles. The summed E-state index contributed by atoms with van der Waals surface area (Å²) in [7, 11) is 0. The van der Waals surface area contributed by atoms with Crippen LogP contribution in [0.5, 0.6) is 0 Å². The maximum absolute atomic E-state index is 12.3. The zero-order valence-corrected chi connectivity index (χ0v) is 13.2. The third-order valence-electron chi connectivity index (χ3n) is 5.80. The highest BCUT2D eigenvalue weighted by Crippen LogP contribution is 2.44. The molecule has 120 valence electrons. The first-order valence-corrected chi connectivity index (χ1v) is 8.48. The van der Waals surface area contributed by atoms with Gasteiger partial charge in [0.2, 0.25) is 5.91 Å². The van der Waals surface area contributed by atoms with Gasteiger partial charge in [-0.1, -0.05) is 32.6 Å². The highest BCUT2D eigenvalue weighted by molar-refractivity contribution is 5.78. The van der Waals surface area contributed by atoms with Crippen molar-refractivity contribution in [3.63, 3.8) is 0 Å². The fraction of sp³-hybridized carbons (Fsp3) is 0.882. The van der Waals surface area contributed by atoms with Crippen LogP contribution in [0.15, 0.2) is 0 Å². The number of carbonyl (C=O) groups is 2. The first-order valence-electron chi connectivity index (χ1n) is 8.48. The van der Waals surface area contributed by atoms with Gasteiger partial charge in [0, 0.05) is 13.0 Å². The number of carbonyl (C=O) groups excluding carboxylic acids is 1. The highest BCUT2D eigenvalue weighted by Gasteiger charge is 2.38. The lowest BCUT2D eigenvalue weighted by Gasteiger charge is -2.42. The first-order chi connectivity index (χ1) is 9.99. The van der Waals surface area contributed by atoms with Crippen LogP contribution in [0.1, 0.15) is 77.6 Å². The van der Waals surface area contributed by atoms with Gasteiger partial charge >= 0.3 is 5.97 Å². The number of hydrogen-bond acceptors (Lipinski definition) is 2. The van der Waals surface area contributed by atoms with Gasteiger partial charge in [-0.05, 0) is 42.9 Å². The zero-order chi connectivity index (χ0) is 15.3. The SMILES string of the molecule is CCC1(CNC(=O)CC2(CC(=O)O)CCCCC2)CCC1. The smallest absolute Gasteiger partial charge is 0.303 e. The minimum atomic E-state index is -0.770. The van der Waals surface area contributed by atoms with E-state index in [4.69, 9.17) is 5.11 Å². The van der Waals surface area contributed by atoms with Crippen LogP contribution in [-0.2, 0) is 9.59 Å². The van der Waals surface area contributed by atoms with Crippen LogP contribution in [-0.4, -0.2) is 23.5 Å². The van der Waals surface area contributed by atoms with Crippen LogP contribution in [0.3, 0.4) is 0 Å². The Balaban J connectivity index is 1.87. The number of aliphatic carboxylic acids is 1. The van der Waals surface area contributed by atoms with E-state index in [1.165, 1.54) is 25.7 Å². The summed E-state index contributed by atoms with van der Waals surface area (Å²) in [6.45, 7) is 2.96. The molecule has 0 atom stereocenters.